The van der Waals surface area contributed by atoms with Crippen LogP contribution in [0.15, 0.2) is 23.0 Å². The molecule has 1 aromatic heterocycles. The first kappa shape index (κ1) is 13.0. The molecule has 1 aromatic rings. The van der Waals surface area contributed by atoms with Crippen molar-refractivity contribution in [3.05, 3.63) is 24.2 Å². The minimum Gasteiger partial charge on any atom is -0.472 e. The van der Waals surface area contributed by atoms with E-state index in [0.29, 0.717) is 13.1 Å². The highest BCUT2D eigenvalue weighted by Crippen LogP contribution is 2.19. The van der Waals surface area contributed by atoms with Crippen molar-refractivity contribution in [1.29, 1.82) is 0 Å². The molecule has 1 atom stereocenters. The summed E-state index contributed by atoms with van der Waals surface area (Å²) < 4.78 is 10.4. The SMILES string of the molecule is CC(C)(C)OC(=O)N1CCN[C@H](c2ccoc2)C1. The number of amides is 1. The van der Waals surface area contributed by atoms with Crippen LogP contribution in [0.4, 0.5) is 4.79 Å². The van der Waals surface area contributed by atoms with E-state index < -0.39 is 5.60 Å². The Kier molecular flexibility index (Phi) is 3.61. The zero-order valence-corrected chi connectivity index (χ0v) is 11.1. The maximum Gasteiger partial charge on any atom is 0.410 e. The molecule has 5 heteroatoms. The summed E-state index contributed by atoms with van der Waals surface area (Å²) in [6, 6.07) is 2.03. The Hall–Kier alpha value is -1.49. The number of hydrogen-bond acceptors (Lipinski definition) is 4. The van der Waals surface area contributed by atoms with Crippen molar-refractivity contribution < 1.29 is 13.9 Å². The zero-order chi connectivity index (χ0) is 13.2. The van der Waals surface area contributed by atoms with Crippen LogP contribution in [0.25, 0.3) is 0 Å². The van der Waals surface area contributed by atoms with E-state index in [9.17, 15) is 4.79 Å². The second kappa shape index (κ2) is 5.02. The summed E-state index contributed by atoms with van der Waals surface area (Å²) in [5.74, 6) is 0. The van der Waals surface area contributed by atoms with Crippen LogP contribution in [-0.2, 0) is 4.74 Å². The number of carbonyl (C=O) groups is 1. The van der Waals surface area contributed by atoms with E-state index in [1.54, 1.807) is 17.4 Å². The maximum atomic E-state index is 12.0. The van der Waals surface area contributed by atoms with Gasteiger partial charge in [-0.2, -0.15) is 0 Å². The van der Waals surface area contributed by atoms with Crippen LogP contribution in [0, 0.1) is 0 Å². The number of carbonyl (C=O) groups excluding carboxylic acids is 1. The summed E-state index contributed by atoms with van der Waals surface area (Å²) in [6.07, 6.45) is 3.09. The Morgan fingerprint density at radius 3 is 2.94 bits per heavy atom. The lowest BCUT2D eigenvalue weighted by atomic mass is 10.1. The number of ether oxygens (including phenoxy) is 1. The molecule has 0 aliphatic carbocycles. The highest BCUT2D eigenvalue weighted by Gasteiger charge is 2.28. The minimum absolute atomic E-state index is 0.116. The van der Waals surface area contributed by atoms with Crippen molar-refractivity contribution in [2.75, 3.05) is 19.6 Å². The summed E-state index contributed by atoms with van der Waals surface area (Å²) in [7, 11) is 0. The van der Waals surface area contributed by atoms with Crippen molar-refractivity contribution in [3.8, 4) is 0 Å². The maximum absolute atomic E-state index is 12.0. The molecule has 2 heterocycles. The largest absolute Gasteiger partial charge is 0.472 e. The Balaban J connectivity index is 1.96. The number of rotatable bonds is 1. The van der Waals surface area contributed by atoms with Crippen molar-refractivity contribution in [1.82, 2.24) is 10.2 Å². The van der Waals surface area contributed by atoms with Gasteiger partial charge >= 0.3 is 6.09 Å². The first-order chi connectivity index (χ1) is 8.46. The summed E-state index contributed by atoms with van der Waals surface area (Å²) in [5, 5.41) is 3.36. The fourth-order valence-electron chi connectivity index (χ4n) is 1.94. The monoisotopic (exact) mass is 252 g/mol. The van der Waals surface area contributed by atoms with E-state index in [1.807, 2.05) is 26.8 Å². The third kappa shape index (κ3) is 3.26. The summed E-state index contributed by atoms with van der Waals surface area (Å²) >= 11 is 0. The first-order valence-electron chi connectivity index (χ1n) is 6.19. The molecule has 0 spiro atoms. The van der Waals surface area contributed by atoms with E-state index in [4.69, 9.17) is 9.15 Å². The third-order valence-corrected chi connectivity index (χ3v) is 2.77. The van der Waals surface area contributed by atoms with Gasteiger partial charge in [0, 0.05) is 25.2 Å². The fraction of sp³-hybridized carbons (Fsp3) is 0.615. The van der Waals surface area contributed by atoms with Crippen molar-refractivity contribution in [2.45, 2.75) is 32.4 Å². The van der Waals surface area contributed by atoms with Gasteiger partial charge in [-0.1, -0.05) is 0 Å². The Morgan fingerprint density at radius 2 is 2.33 bits per heavy atom. The quantitative estimate of drug-likeness (QED) is 0.832. The summed E-state index contributed by atoms with van der Waals surface area (Å²) in [6.45, 7) is 7.66. The van der Waals surface area contributed by atoms with Crippen LogP contribution in [0.2, 0.25) is 0 Å². The molecule has 1 fully saturated rings. The predicted octanol–water partition coefficient (Wildman–Crippen LogP) is 2.16. The van der Waals surface area contributed by atoms with E-state index in [2.05, 4.69) is 5.32 Å². The van der Waals surface area contributed by atoms with Gasteiger partial charge in [-0.3, -0.25) is 0 Å². The molecule has 0 radical (unpaired) electrons. The second-order valence-corrected chi connectivity index (χ2v) is 5.49. The highest BCUT2D eigenvalue weighted by molar-refractivity contribution is 5.68. The molecule has 0 unspecified atom stereocenters. The van der Waals surface area contributed by atoms with Crippen LogP contribution >= 0.6 is 0 Å². The number of nitrogens with zero attached hydrogens (tertiary/aromatic N) is 1. The lowest BCUT2D eigenvalue weighted by Gasteiger charge is -2.34. The Labute approximate surface area is 107 Å². The highest BCUT2D eigenvalue weighted by atomic mass is 16.6. The summed E-state index contributed by atoms with van der Waals surface area (Å²) in [4.78, 5) is 13.7. The van der Waals surface area contributed by atoms with Gasteiger partial charge in [0.15, 0.2) is 0 Å². The van der Waals surface area contributed by atoms with Crippen LogP contribution in [0.3, 0.4) is 0 Å². The molecule has 5 nitrogen and oxygen atoms in total. The van der Waals surface area contributed by atoms with Gasteiger partial charge in [0.1, 0.15) is 5.60 Å². The third-order valence-electron chi connectivity index (χ3n) is 2.77. The van der Waals surface area contributed by atoms with Gasteiger partial charge in [-0.15, -0.1) is 0 Å². The van der Waals surface area contributed by atoms with Crippen LogP contribution in [-0.4, -0.2) is 36.2 Å². The van der Waals surface area contributed by atoms with Crippen molar-refractivity contribution in [3.63, 3.8) is 0 Å². The average molecular weight is 252 g/mol. The van der Waals surface area contributed by atoms with E-state index >= 15 is 0 Å². The number of piperazine rings is 1. The molecule has 0 bridgehead atoms. The molecule has 0 aromatic carbocycles. The second-order valence-electron chi connectivity index (χ2n) is 5.49. The molecule has 2 rings (SSSR count). The molecule has 1 N–H and O–H groups in total. The van der Waals surface area contributed by atoms with E-state index in [-0.39, 0.29) is 12.1 Å². The van der Waals surface area contributed by atoms with Crippen LogP contribution in [0.5, 0.6) is 0 Å². The number of nitrogens with one attached hydrogen (secondary N) is 1. The van der Waals surface area contributed by atoms with Gasteiger partial charge in [0.2, 0.25) is 0 Å². The predicted molar refractivity (Wildman–Crippen MR) is 67.3 cm³/mol. The van der Waals surface area contributed by atoms with E-state index in [0.717, 1.165) is 12.1 Å². The van der Waals surface area contributed by atoms with Gasteiger partial charge < -0.3 is 19.4 Å². The Morgan fingerprint density at radius 1 is 1.56 bits per heavy atom. The molecule has 1 aliphatic heterocycles. The number of hydrogen-bond donors (Lipinski definition) is 1. The minimum atomic E-state index is -0.451. The van der Waals surface area contributed by atoms with E-state index in [1.165, 1.54) is 0 Å². The topological polar surface area (TPSA) is 54.7 Å². The molecule has 0 saturated carbocycles. The first-order valence-corrected chi connectivity index (χ1v) is 6.19. The molecule has 100 valence electrons. The molecule has 1 amide bonds. The van der Waals surface area contributed by atoms with Crippen LogP contribution < -0.4 is 5.32 Å². The summed E-state index contributed by atoms with van der Waals surface area (Å²) in [5.41, 5.74) is 0.607. The van der Waals surface area contributed by atoms with Gasteiger partial charge in [-0.05, 0) is 26.8 Å². The molecular weight excluding hydrogens is 232 g/mol. The fourth-order valence-corrected chi connectivity index (χ4v) is 1.94. The zero-order valence-electron chi connectivity index (χ0n) is 11.1. The lowest BCUT2D eigenvalue weighted by Crippen LogP contribution is -2.49. The van der Waals surface area contributed by atoms with Gasteiger partial charge in [-0.25, -0.2) is 4.79 Å². The molecule has 1 saturated heterocycles. The standard InChI is InChI=1S/C13H20N2O3/c1-13(2,3)18-12(16)15-6-5-14-11(8-15)10-4-7-17-9-10/h4,7,9,11,14H,5-6,8H2,1-3H3/t11-/m0/s1. The Bertz CT molecular complexity index is 395. The van der Waals surface area contributed by atoms with Crippen LogP contribution in [0.1, 0.15) is 32.4 Å². The van der Waals surface area contributed by atoms with Gasteiger partial charge in [0.05, 0.1) is 18.6 Å². The lowest BCUT2D eigenvalue weighted by molar-refractivity contribution is 0.0195. The molecular formula is C13H20N2O3. The normalized spacial score (nSPS) is 20.8. The van der Waals surface area contributed by atoms with Crippen molar-refractivity contribution in [2.24, 2.45) is 0 Å². The van der Waals surface area contributed by atoms with Gasteiger partial charge in [0.25, 0.3) is 0 Å². The smallest absolute Gasteiger partial charge is 0.410 e. The van der Waals surface area contributed by atoms with Crippen molar-refractivity contribution >= 4 is 6.09 Å². The molecule has 1 aliphatic rings. The average Bonchev–Trinajstić information content (AvgIpc) is 2.80. The molecule has 18 heavy (non-hydrogen) atoms. The number of furan rings is 1.